The first kappa shape index (κ1) is 24.4. The number of carbonyl (C=O) groups excluding carboxylic acids is 1. The number of amides is 1. The van der Waals surface area contributed by atoms with Crippen LogP contribution < -0.4 is 16.8 Å². The highest BCUT2D eigenvalue weighted by Crippen LogP contribution is 2.31. The number of aromatic nitrogens is 4. The van der Waals surface area contributed by atoms with Crippen LogP contribution in [0.15, 0.2) is 48.7 Å². The maximum absolute atomic E-state index is 13.3. The minimum Gasteiger partial charge on any atom is -0.382 e. The number of hydrogen-bond acceptors (Lipinski definition) is 7. The van der Waals surface area contributed by atoms with E-state index in [-0.39, 0.29) is 23.9 Å². The third-order valence-electron chi connectivity index (χ3n) is 7.30. The second-order valence-corrected chi connectivity index (χ2v) is 9.64. The normalized spacial score (nSPS) is 18.5. The molecule has 5 rings (SSSR count). The fraction of sp³-hybridized carbons (Fsp3) is 0.346. The summed E-state index contributed by atoms with van der Waals surface area (Å²) in [5.74, 6) is 1.24. The van der Waals surface area contributed by atoms with E-state index in [4.69, 9.17) is 16.5 Å². The van der Waals surface area contributed by atoms with Crippen molar-refractivity contribution in [2.24, 2.45) is 17.6 Å². The average Bonchev–Trinajstić information content (AvgIpc) is 3.55. The molecule has 1 atom stereocenters. The van der Waals surface area contributed by atoms with E-state index in [1.807, 2.05) is 18.2 Å². The highest BCUT2D eigenvalue weighted by molar-refractivity contribution is 5.91. The smallest absolute Gasteiger partial charge is 0.272 e. The topological polar surface area (TPSA) is 182 Å². The van der Waals surface area contributed by atoms with Crippen LogP contribution in [0.3, 0.4) is 0 Å². The van der Waals surface area contributed by atoms with Gasteiger partial charge < -0.3 is 21.8 Å². The van der Waals surface area contributed by atoms with E-state index in [1.165, 1.54) is 6.07 Å². The molecule has 2 aromatic carbocycles. The molecule has 11 nitrogen and oxygen atoms in total. The van der Waals surface area contributed by atoms with Crippen LogP contribution in [0.5, 0.6) is 0 Å². The Labute approximate surface area is 213 Å². The zero-order valence-corrected chi connectivity index (χ0v) is 20.3. The summed E-state index contributed by atoms with van der Waals surface area (Å²) in [6.07, 6.45) is 5.40. The van der Waals surface area contributed by atoms with Crippen LogP contribution >= 0.6 is 0 Å². The van der Waals surface area contributed by atoms with Crippen LogP contribution in [-0.4, -0.2) is 37.5 Å². The minimum atomic E-state index is -0.568. The molecule has 37 heavy (non-hydrogen) atoms. The van der Waals surface area contributed by atoms with Crippen molar-refractivity contribution in [2.75, 3.05) is 12.3 Å². The Hall–Kier alpha value is -4.25. The Morgan fingerprint density at radius 1 is 1.19 bits per heavy atom. The molecule has 1 aliphatic carbocycles. The van der Waals surface area contributed by atoms with E-state index in [0.29, 0.717) is 35.4 Å². The molecule has 1 saturated carbocycles. The van der Waals surface area contributed by atoms with Gasteiger partial charge in [-0.25, -0.2) is 4.98 Å². The van der Waals surface area contributed by atoms with Gasteiger partial charge in [-0.3, -0.25) is 20.0 Å². The van der Waals surface area contributed by atoms with Gasteiger partial charge in [-0.05, 0) is 50.3 Å². The van der Waals surface area contributed by atoms with Gasteiger partial charge >= 0.3 is 0 Å². The van der Waals surface area contributed by atoms with Crippen molar-refractivity contribution in [3.63, 3.8) is 0 Å². The number of imidazole rings is 1. The number of nitrogens with zero attached hydrogens (tertiary/aromatic N) is 3. The molecule has 0 bridgehead atoms. The van der Waals surface area contributed by atoms with Gasteiger partial charge in [0.25, 0.3) is 5.69 Å². The molecule has 1 aliphatic rings. The number of nitrogen functional groups attached to an aromatic ring is 1. The number of anilines is 1. The van der Waals surface area contributed by atoms with Crippen LogP contribution in [0.2, 0.25) is 0 Å². The number of nitrogens with one attached hydrogen (secondary N) is 3. The first-order chi connectivity index (χ1) is 17.9. The minimum absolute atomic E-state index is 0.0132. The molecule has 0 unspecified atom stereocenters. The van der Waals surface area contributed by atoms with E-state index in [9.17, 15) is 14.9 Å². The summed E-state index contributed by atoms with van der Waals surface area (Å²) < 4.78 is 0. The summed E-state index contributed by atoms with van der Waals surface area (Å²) in [4.78, 5) is 32.5. The van der Waals surface area contributed by atoms with Gasteiger partial charge in [-0.1, -0.05) is 24.3 Å². The molecule has 2 heterocycles. The van der Waals surface area contributed by atoms with Crippen LogP contribution in [0.4, 0.5) is 11.5 Å². The second-order valence-electron chi connectivity index (χ2n) is 9.64. The highest BCUT2D eigenvalue weighted by atomic mass is 16.6. The zero-order valence-electron chi connectivity index (χ0n) is 20.3. The number of nitro groups is 1. The number of H-pyrrole nitrogens is 2. The number of carbonyl (C=O) groups is 1. The number of nitrogens with two attached hydrogens (primary N) is 2. The number of nitro benzene ring substituents is 1. The SMILES string of the molecule is NC[C@H]1CC[C@H](C(=O)N[C@@H](Cc2ccccc2[N+](=O)[O-])c2nc(-c3ccc4c(N)n[nH]c4c3)c[nH]2)CC1. The molecule has 0 aliphatic heterocycles. The Bertz CT molecular complexity index is 1420. The molecule has 0 spiro atoms. The molecule has 7 N–H and O–H groups in total. The van der Waals surface area contributed by atoms with Crippen LogP contribution in [0.1, 0.15) is 43.1 Å². The van der Waals surface area contributed by atoms with Gasteiger partial charge in [0.15, 0.2) is 5.82 Å². The average molecular weight is 503 g/mol. The Morgan fingerprint density at radius 3 is 2.73 bits per heavy atom. The van der Waals surface area contributed by atoms with Gasteiger partial charge in [0.05, 0.1) is 22.2 Å². The summed E-state index contributed by atoms with van der Waals surface area (Å²) in [5, 5.41) is 22.5. The summed E-state index contributed by atoms with van der Waals surface area (Å²) in [6, 6.07) is 11.7. The summed E-state index contributed by atoms with van der Waals surface area (Å²) in [7, 11) is 0. The molecular formula is C26H30N8O3. The zero-order chi connectivity index (χ0) is 25.9. The van der Waals surface area contributed by atoms with Gasteiger partial charge in [-0.15, -0.1) is 0 Å². The lowest BCUT2D eigenvalue weighted by Gasteiger charge is -2.28. The first-order valence-electron chi connectivity index (χ1n) is 12.4. The Morgan fingerprint density at radius 2 is 1.97 bits per heavy atom. The van der Waals surface area contributed by atoms with E-state index in [2.05, 4.69) is 20.5 Å². The van der Waals surface area contributed by atoms with Crippen molar-refractivity contribution in [3.8, 4) is 11.3 Å². The molecule has 192 valence electrons. The molecule has 0 radical (unpaired) electrons. The maximum Gasteiger partial charge on any atom is 0.272 e. The number of aromatic amines is 2. The third-order valence-corrected chi connectivity index (χ3v) is 7.30. The quantitative estimate of drug-likeness (QED) is 0.180. The first-order valence-corrected chi connectivity index (χ1v) is 12.4. The Balaban J connectivity index is 1.42. The molecule has 11 heteroatoms. The van der Waals surface area contributed by atoms with Crippen molar-refractivity contribution in [3.05, 3.63) is 70.2 Å². The number of para-hydroxylation sites is 1. The van der Waals surface area contributed by atoms with Crippen LogP contribution in [-0.2, 0) is 11.2 Å². The lowest BCUT2D eigenvalue weighted by molar-refractivity contribution is -0.385. The lowest BCUT2D eigenvalue weighted by Crippen LogP contribution is -2.37. The van der Waals surface area contributed by atoms with Gasteiger partial charge in [0.1, 0.15) is 5.82 Å². The molecule has 2 aromatic heterocycles. The third kappa shape index (κ3) is 5.17. The Kier molecular flexibility index (Phi) is 6.87. The maximum atomic E-state index is 13.3. The molecule has 0 saturated heterocycles. The molecule has 4 aromatic rings. The molecular weight excluding hydrogens is 472 g/mol. The van der Waals surface area contributed by atoms with Crippen LogP contribution in [0.25, 0.3) is 22.2 Å². The predicted octanol–water partition coefficient (Wildman–Crippen LogP) is 3.61. The standard InChI is InChI=1S/C26H30N8O3/c27-13-15-5-7-16(8-6-15)26(35)31-21(12-18-3-1-2-4-23(18)34(36)37)25-29-14-22(30-25)17-9-10-19-20(11-17)32-33-24(19)28/h1-4,9-11,14-16,21H,5-8,12-13,27H2,(H,29,30)(H,31,35)(H3,28,32,33)/t15-,16-,21-/m0/s1. The predicted molar refractivity (Wildman–Crippen MR) is 140 cm³/mol. The number of hydrogen-bond donors (Lipinski definition) is 5. The number of fused-ring (bicyclic) bond motifs is 1. The monoisotopic (exact) mass is 502 g/mol. The van der Waals surface area contributed by atoms with Crippen molar-refractivity contribution >= 4 is 28.3 Å². The van der Waals surface area contributed by atoms with Crippen molar-refractivity contribution in [1.29, 1.82) is 0 Å². The fourth-order valence-corrected chi connectivity index (χ4v) is 5.11. The van der Waals surface area contributed by atoms with E-state index < -0.39 is 11.0 Å². The fourth-order valence-electron chi connectivity index (χ4n) is 5.11. The van der Waals surface area contributed by atoms with E-state index in [0.717, 1.165) is 42.1 Å². The summed E-state index contributed by atoms with van der Waals surface area (Å²) >= 11 is 0. The highest BCUT2D eigenvalue weighted by Gasteiger charge is 2.29. The van der Waals surface area contributed by atoms with Gasteiger partial charge in [0, 0.05) is 41.1 Å². The van der Waals surface area contributed by atoms with Crippen molar-refractivity contribution in [1.82, 2.24) is 25.5 Å². The largest absolute Gasteiger partial charge is 0.382 e. The van der Waals surface area contributed by atoms with Crippen molar-refractivity contribution < 1.29 is 9.72 Å². The number of rotatable bonds is 8. The lowest BCUT2D eigenvalue weighted by atomic mass is 9.81. The summed E-state index contributed by atoms with van der Waals surface area (Å²) in [6.45, 7) is 0.640. The molecule has 1 amide bonds. The van der Waals surface area contributed by atoms with E-state index >= 15 is 0 Å². The number of benzene rings is 2. The summed E-state index contributed by atoms with van der Waals surface area (Å²) in [5.41, 5.74) is 14.5. The van der Waals surface area contributed by atoms with Crippen LogP contribution in [0, 0.1) is 22.0 Å². The second kappa shape index (κ2) is 10.4. The van der Waals surface area contributed by atoms with Crippen molar-refractivity contribution in [2.45, 2.75) is 38.1 Å². The van der Waals surface area contributed by atoms with Gasteiger partial charge in [-0.2, -0.15) is 5.10 Å². The van der Waals surface area contributed by atoms with Gasteiger partial charge in [0.2, 0.25) is 5.91 Å². The molecule has 1 fully saturated rings. The van der Waals surface area contributed by atoms with E-state index in [1.54, 1.807) is 24.4 Å².